The second-order valence-corrected chi connectivity index (χ2v) is 9.54. The van der Waals surface area contributed by atoms with E-state index >= 15 is 0 Å². The van der Waals surface area contributed by atoms with Crippen LogP contribution in [0.1, 0.15) is 51.1 Å². The van der Waals surface area contributed by atoms with Gasteiger partial charge in [0, 0.05) is 46.9 Å². The van der Waals surface area contributed by atoms with Crippen molar-refractivity contribution in [2.45, 2.75) is 25.7 Å². The molecule has 8 heteroatoms. The molecule has 1 fully saturated rings. The maximum absolute atomic E-state index is 13.0. The smallest absolute Gasteiger partial charge is 0.257 e. The summed E-state index contributed by atoms with van der Waals surface area (Å²) in [7, 11) is 0. The second kappa shape index (κ2) is 10.9. The molecule has 34 heavy (non-hydrogen) atoms. The molecule has 1 saturated heterocycles. The lowest BCUT2D eigenvalue weighted by Gasteiger charge is -2.29. The minimum absolute atomic E-state index is 0.0764. The van der Waals surface area contributed by atoms with E-state index in [1.807, 2.05) is 18.2 Å². The summed E-state index contributed by atoms with van der Waals surface area (Å²) < 4.78 is 0.735. The zero-order valence-electron chi connectivity index (χ0n) is 18.5. The number of halogens is 2. The van der Waals surface area contributed by atoms with E-state index in [1.54, 1.807) is 36.4 Å². The van der Waals surface area contributed by atoms with Crippen molar-refractivity contribution in [2.24, 2.45) is 0 Å². The van der Waals surface area contributed by atoms with Gasteiger partial charge in [-0.2, -0.15) is 0 Å². The summed E-state index contributed by atoms with van der Waals surface area (Å²) in [4.78, 5) is 32.1. The van der Waals surface area contributed by atoms with Gasteiger partial charge in [-0.15, -0.1) is 0 Å². The van der Waals surface area contributed by atoms with Crippen LogP contribution in [-0.2, 0) is 6.42 Å². The molecule has 0 aliphatic carbocycles. The van der Waals surface area contributed by atoms with Gasteiger partial charge in [0.25, 0.3) is 5.91 Å². The third kappa shape index (κ3) is 5.90. The number of nitrogens with zero attached hydrogens (tertiary/aromatic N) is 2. The first-order chi connectivity index (χ1) is 16.4. The van der Waals surface area contributed by atoms with E-state index in [0.29, 0.717) is 33.4 Å². The molecular formula is C26H24BrClN4O2. The van der Waals surface area contributed by atoms with E-state index in [1.165, 1.54) is 12.6 Å². The highest BCUT2D eigenvalue weighted by atomic mass is 79.9. The number of hydrogen-bond donors (Lipinski definition) is 2. The van der Waals surface area contributed by atoms with Crippen LogP contribution in [0.2, 0.25) is 5.02 Å². The molecule has 2 heterocycles. The fraction of sp³-hybridized carbons (Fsp3) is 0.231. The highest BCUT2D eigenvalue weighted by Gasteiger charge is 2.18. The van der Waals surface area contributed by atoms with E-state index in [0.717, 1.165) is 36.0 Å². The fourth-order valence-electron chi connectivity index (χ4n) is 3.94. The first-order valence-electron chi connectivity index (χ1n) is 11.1. The van der Waals surface area contributed by atoms with Crippen LogP contribution < -0.4 is 5.32 Å². The Bertz CT molecular complexity index is 1210. The highest BCUT2D eigenvalue weighted by Crippen LogP contribution is 2.21. The maximum atomic E-state index is 13.0. The molecule has 2 aromatic carbocycles. The Morgan fingerprint density at radius 2 is 1.71 bits per heavy atom. The maximum Gasteiger partial charge on any atom is 0.257 e. The number of likely N-dealkylation sites (tertiary alicyclic amines) is 1. The summed E-state index contributed by atoms with van der Waals surface area (Å²) in [6.45, 7) is 1.80. The zero-order chi connectivity index (χ0) is 24.1. The lowest BCUT2D eigenvalue weighted by atomic mass is 9.97. The first kappa shape index (κ1) is 24.1. The molecule has 4 rings (SSSR count). The van der Waals surface area contributed by atoms with E-state index in [2.05, 4.69) is 31.1 Å². The van der Waals surface area contributed by atoms with Gasteiger partial charge < -0.3 is 10.2 Å². The third-order valence-corrected chi connectivity index (χ3v) is 6.51. The summed E-state index contributed by atoms with van der Waals surface area (Å²) in [6.07, 6.45) is 4.96. The van der Waals surface area contributed by atoms with Gasteiger partial charge in [-0.25, -0.2) is 4.98 Å². The molecule has 0 radical (unpaired) electrons. The Labute approximate surface area is 212 Å². The number of aromatic nitrogens is 1. The number of rotatable bonds is 6. The molecular weight excluding hydrogens is 516 g/mol. The normalized spacial score (nSPS) is 13.4. The van der Waals surface area contributed by atoms with Gasteiger partial charge in [0.15, 0.2) is 5.78 Å². The van der Waals surface area contributed by atoms with Crippen LogP contribution >= 0.6 is 27.5 Å². The van der Waals surface area contributed by atoms with E-state index < -0.39 is 0 Å². The standard InChI is InChI=1S/C26H24BrClN4O2/c27-20-9-8-19(22(15-20)26(34)31-24-11-10-21(28)16-30-24)14-23(33)17-4-6-18(7-5-17)25(29)32-12-2-1-3-13-32/h4-11,15-16,29H,1-3,12-14H2,(H,30,31,34). The van der Waals surface area contributed by atoms with Gasteiger partial charge >= 0.3 is 0 Å². The molecule has 3 aromatic rings. The summed E-state index contributed by atoms with van der Waals surface area (Å²) >= 11 is 9.26. The van der Waals surface area contributed by atoms with Crippen LogP contribution in [0.4, 0.5) is 5.82 Å². The van der Waals surface area contributed by atoms with Crippen LogP contribution in [0.15, 0.2) is 65.3 Å². The number of hydrogen-bond acceptors (Lipinski definition) is 4. The summed E-state index contributed by atoms with van der Waals surface area (Å²) in [5.41, 5.74) is 2.36. The van der Waals surface area contributed by atoms with Crippen molar-refractivity contribution in [3.8, 4) is 0 Å². The average molecular weight is 540 g/mol. The Morgan fingerprint density at radius 3 is 2.38 bits per heavy atom. The van der Waals surface area contributed by atoms with Crippen molar-refractivity contribution in [3.63, 3.8) is 0 Å². The number of amides is 1. The number of nitrogens with one attached hydrogen (secondary N) is 2. The quantitative estimate of drug-likeness (QED) is 0.229. The van der Waals surface area contributed by atoms with Crippen molar-refractivity contribution < 1.29 is 9.59 Å². The molecule has 1 aromatic heterocycles. The SMILES string of the molecule is N=C(c1ccc(C(=O)Cc2ccc(Br)cc2C(=O)Nc2ccc(Cl)cn2)cc1)N1CCCCC1. The molecule has 1 amide bonds. The molecule has 2 N–H and O–H groups in total. The van der Waals surface area contributed by atoms with Crippen LogP contribution in [0.25, 0.3) is 0 Å². The Kier molecular flexibility index (Phi) is 7.75. The summed E-state index contributed by atoms with van der Waals surface area (Å²) in [5.74, 6) is 0.418. The van der Waals surface area contributed by atoms with E-state index in [9.17, 15) is 9.59 Å². The Morgan fingerprint density at radius 1 is 1.00 bits per heavy atom. The molecule has 0 unspecified atom stereocenters. The third-order valence-electron chi connectivity index (χ3n) is 5.79. The van der Waals surface area contributed by atoms with E-state index in [4.69, 9.17) is 17.0 Å². The number of carbonyl (C=O) groups is 2. The van der Waals surface area contributed by atoms with Gasteiger partial charge in [-0.05, 0) is 49.1 Å². The van der Waals surface area contributed by atoms with Gasteiger partial charge in [0.05, 0.1) is 5.02 Å². The summed E-state index contributed by atoms with van der Waals surface area (Å²) in [6, 6.07) is 15.7. The first-order valence-corrected chi connectivity index (χ1v) is 12.3. The second-order valence-electron chi connectivity index (χ2n) is 8.19. The lowest BCUT2D eigenvalue weighted by molar-refractivity contribution is 0.0992. The number of amidine groups is 1. The predicted molar refractivity (Wildman–Crippen MR) is 138 cm³/mol. The molecule has 0 bridgehead atoms. The number of ketones is 1. The van der Waals surface area contributed by atoms with Crippen LogP contribution in [0.3, 0.4) is 0 Å². The zero-order valence-corrected chi connectivity index (χ0v) is 20.8. The van der Waals surface area contributed by atoms with Crippen molar-refractivity contribution in [2.75, 3.05) is 18.4 Å². The molecule has 1 aliphatic heterocycles. The number of Topliss-reactive ketones (excluding diaryl/α,β-unsaturated/α-hetero) is 1. The fourth-order valence-corrected chi connectivity index (χ4v) is 4.41. The lowest BCUT2D eigenvalue weighted by Crippen LogP contribution is -2.35. The van der Waals surface area contributed by atoms with Crippen LogP contribution in [0.5, 0.6) is 0 Å². The highest BCUT2D eigenvalue weighted by molar-refractivity contribution is 9.10. The molecule has 6 nitrogen and oxygen atoms in total. The van der Waals surface area contributed by atoms with Crippen molar-refractivity contribution >= 4 is 50.9 Å². The van der Waals surface area contributed by atoms with Crippen LogP contribution in [-0.4, -0.2) is 40.5 Å². The topological polar surface area (TPSA) is 86.1 Å². The van der Waals surface area contributed by atoms with Crippen molar-refractivity contribution in [3.05, 3.63) is 92.5 Å². The monoisotopic (exact) mass is 538 g/mol. The van der Waals surface area contributed by atoms with Crippen molar-refractivity contribution in [1.29, 1.82) is 5.41 Å². The largest absolute Gasteiger partial charge is 0.357 e. The number of carbonyl (C=O) groups excluding carboxylic acids is 2. The minimum atomic E-state index is -0.357. The number of pyridine rings is 1. The average Bonchev–Trinajstić information content (AvgIpc) is 2.86. The summed E-state index contributed by atoms with van der Waals surface area (Å²) in [5, 5.41) is 11.7. The van der Waals surface area contributed by atoms with Crippen LogP contribution in [0, 0.1) is 5.41 Å². The van der Waals surface area contributed by atoms with Gasteiger partial charge in [-0.1, -0.05) is 57.9 Å². The predicted octanol–water partition coefficient (Wildman–Crippen LogP) is 5.99. The molecule has 1 aliphatic rings. The number of benzene rings is 2. The van der Waals surface area contributed by atoms with Gasteiger partial charge in [0.1, 0.15) is 11.7 Å². The Hall–Kier alpha value is -3.03. The molecule has 0 saturated carbocycles. The number of piperidine rings is 1. The number of anilines is 1. The molecule has 174 valence electrons. The molecule has 0 atom stereocenters. The van der Waals surface area contributed by atoms with Gasteiger partial charge in [-0.3, -0.25) is 15.0 Å². The Balaban J connectivity index is 1.47. The van der Waals surface area contributed by atoms with Crippen molar-refractivity contribution in [1.82, 2.24) is 9.88 Å². The van der Waals surface area contributed by atoms with E-state index in [-0.39, 0.29) is 18.1 Å². The molecule has 0 spiro atoms. The minimum Gasteiger partial charge on any atom is -0.357 e. The van der Waals surface area contributed by atoms with Gasteiger partial charge in [0.2, 0.25) is 0 Å².